The topological polar surface area (TPSA) is 37.3 Å². The Kier molecular flexibility index (Phi) is 16.7. The van der Waals surface area contributed by atoms with E-state index >= 15 is 0 Å². The average Bonchev–Trinajstić information content (AvgIpc) is 2.53. The molecular formula is C21H30O2. The van der Waals surface area contributed by atoms with E-state index in [9.17, 15) is 4.79 Å². The van der Waals surface area contributed by atoms with Gasteiger partial charge in [0.1, 0.15) is 0 Å². The molecule has 2 nitrogen and oxygen atoms in total. The van der Waals surface area contributed by atoms with Crippen LogP contribution in [-0.2, 0) is 4.79 Å². The van der Waals surface area contributed by atoms with Gasteiger partial charge in [-0.15, -0.1) is 11.8 Å². The molecule has 0 atom stereocenters. The molecule has 0 amide bonds. The molecule has 0 radical (unpaired) electrons. The van der Waals surface area contributed by atoms with E-state index in [2.05, 4.69) is 42.4 Å². The normalized spacial score (nSPS) is 8.91. The molecule has 0 rings (SSSR count). The highest BCUT2D eigenvalue weighted by molar-refractivity contribution is 5.66. The second-order valence-electron chi connectivity index (χ2n) is 5.53. The molecule has 0 aromatic heterocycles. The molecular weight excluding hydrogens is 284 g/mol. The molecule has 0 aliphatic rings. The summed E-state index contributed by atoms with van der Waals surface area (Å²) >= 11 is 0. The highest BCUT2D eigenvalue weighted by Crippen LogP contribution is 2.04. The number of hydrogen-bond donors (Lipinski definition) is 1. The van der Waals surface area contributed by atoms with Crippen molar-refractivity contribution >= 4 is 5.97 Å². The average molecular weight is 314 g/mol. The van der Waals surface area contributed by atoms with Crippen LogP contribution in [0.25, 0.3) is 0 Å². The molecule has 0 heterocycles. The zero-order valence-electron chi connectivity index (χ0n) is 14.5. The summed E-state index contributed by atoms with van der Waals surface area (Å²) in [4.78, 5) is 10.3. The fourth-order valence-corrected chi connectivity index (χ4v) is 2.00. The highest BCUT2D eigenvalue weighted by Gasteiger charge is 1.95. The van der Waals surface area contributed by atoms with E-state index in [4.69, 9.17) is 5.11 Å². The predicted octanol–water partition coefficient (Wildman–Crippen LogP) is 5.17. The molecule has 0 spiro atoms. The minimum atomic E-state index is -0.704. The molecule has 0 bridgehead atoms. The van der Waals surface area contributed by atoms with Crippen molar-refractivity contribution in [1.29, 1.82) is 0 Å². The highest BCUT2D eigenvalue weighted by atomic mass is 16.4. The molecule has 0 saturated carbocycles. The van der Waals surface area contributed by atoms with Crippen molar-refractivity contribution in [2.75, 3.05) is 0 Å². The van der Waals surface area contributed by atoms with Crippen LogP contribution in [0.15, 0.2) is 0 Å². The number of aliphatic carboxylic acids is 1. The number of carbonyl (C=O) groups is 1. The summed E-state index contributed by atoms with van der Waals surface area (Å²) in [6, 6.07) is 0. The lowest BCUT2D eigenvalue weighted by Gasteiger charge is -1.95. The largest absolute Gasteiger partial charge is 0.481 e. The molecule has 1 N–H and O–H groups in total. The van der Waals surface area contributed by atoms with E-state index in [0.717, 1.165) is 38.5 Å². The molecule has 0 saturated heterocycles. The summed E-state index contributed by atoms with van der Waals surface area (Å²) in [6.07, 6.45) is 12.3. The molecule has 0 aliphatic heterocycles. The molecule has 2 heteroatoms. The molecule has 0 unspecified atom stereocenters. The van der Waals surface area contributed by atoms with E-state index < -0.39 is 5.97 Å². The summed E-state index contributed by atoms with van der Waals surface area (Å²) in [5, 5.41) is 8.50. The number of hydrogen-bond acceptors (Lipinski definition) is 1. The summed E-state index contributed by atoms with van der Waals surface area (Å²) in [7, 11) is 0. The molecule has 0 aromatic rings. The number of unbranched alkanes of at least 4 members (excludes halogenated alkanes) is 8. The van der Waals surface area contributed by atoms with Crippen LogP contribution >= 0.6 is 0 Å². The smallest absolute Gasteiger partial charge is 0.303 e. The Morgan fingerprint density at radius 2 is 1.17 bits per heavy atom. The Labute approximate surface area is 142 Å². The lowest BCUT2D eigenvalue weighted by atomic mass is 10.1. The van der Waals surface area contributed by atoms with Gasteiger partial charge >= 0.3 is 5.97 Å². The number of carboxylic acid groups (broad SMARTS) is 1. The molecule has 0 aromatic carbocycles. The van der Waals surface area contributed by atoms with Gasteiger partial charge in [-0.2, -0.15) is 0 Å². The third kappa shape index (κ3) is 20.1. The van der Waals surface area contributed by atoms with Gasteiger partial charge in [-0.05, 0) is 19.3 Å². The van der Waals surface area contributed by atoms with E-state index in [1.807, 2.05) is 0 Å². The van der Waals surface area contributed by atoms with Crippen LogP contribution < -0.4 is 0 Å². The fraction of sp³-hybridized carbons (Fsp3) is 0.667. The fourth-order valence-electron chi connectivity index (χ4n) is 2.00. The van der Waals surface area contributed by atoms with Crippen molar-refractivity contribution < 1.29 is 9.90 Å². The zero-order chi connectivity index (χ0) is 17.0. The minimum Gasteiger partial charge on any atom is -0.481 e. The summed E-state index contributed by atoms with van der Waals surface area (Å²) in [5.74, 6) is 17.8. The van der Waals surface area contributed by atoms with Gasteiger partial charge in [0.15, 0.2) is 0 Å². The first kappa shape index (κ1) is 21.1. The van der Waals surface area contributed by atoms with Gasteiger partial charge in [0.05, 0.1) is 12.8 Å². The van der Waals surface area contributed by atoms with Crippen molar-refractivity contribution in [1.82, 2.24) is 0 Å². The molecule has 126 valence electrons. The van der Waals surface area contributed by atoms with Gasteiger partial charge in [0.25, 0.3) is 0 Å². The molecule has 23 heavy (non-hydrogen) atoms. The Morgan fingerprint density at radius 3 is 1.70 bits per heavy atom. The van der Waals surface area contributed by atoms with Crippen LogP contribution in [0.4, 0.5) is 0 Å². The third-order valence-electron chi connectivity index (χ3n) is 3.33. The van der Waals surface area contributed by atoms with Gasteiger partial charge in [0.2, 0.25) is 0 Å². The lowest BCUT2D eigenvalue weighted by Crippen LogP contribution is -1.93. The Hall–Kier alpha value is -1.85. The monoisotopic (exact) mass is 314 g/mol. The van der Waals surface area contributed by atoms with Crippen molar-refractivity contribution in [2.24, 2.45) is 0 Å². The van der Waals surface area contributed by atoms with Gasteiger partial charge in [-0.1, -0.05) is 62.7 Å². The number of carboxylic acids is 1. The minimum absolute atomic E-state index is 0.281. The second kappa shape index (κ2) is 18.2. The van der Waals surface area contributed by atoms with Crippen LogP contribution in [0.5, 0.6) is 0 Å². The Balaban J connectivity index is 3.41. The Bertz CT molecular complexity index is 471. The maximum Gasteiger partial charge on any atom is 0.303 e. The first-order chi connectivity index (χ1) is 11.3. The Morgan fingerprint density at radius 1 is 0.696 bits per heavy atom. The van der Waals surface area contributed by atoms with E-state index in [0.29, 0.717) is 12.8 Å². The number of rotatable bonds is 10. The first-order valence-electron chi connectivity index (χ1n) is 8.86. The van der Waals surface area contributed by atoms with Gasteiger partial charge in [-0.25, -0.2) is 0 Å². The van der Waals surface area contributed by atoms with Crippen molar-refractivity contribution in [3.63, 3.8) is 0 Å². The predicted molar refractivity (Wildman–Crippen MR) is 96.7 cm³/mol. The van der Waals surface area contributed by atoms with Gasteiger partial charge in [-0.3, -0.25) is 4.79 Å². The van der Waals surface area contributed by atoms with E-state index in [-0.39, 0.29) is 6.42 Å². The third-order valence-corrected chi connectivity index (χ3v) is 3.33. The molecule has 0 aliphatic carbocycles. The second-order valence-corrected chi connectivity index (χ2v) is 5.53. The van der Waals surface area contributed by atoms with Crippen molar-refractivity contribution in [3.8, 4) is 35.5 Å². The van der Waals surface area contributed by atoms with Crippen molar-refractivity contribution in [2.45, 2.75) is 90.4 Å². The van der Waals surface area contributed by atoms with Crippen LogP contribution in [0, 0.1) is 35.5 Å². The lowest BCUT2D eigenvalue weighted by molar-refractivity contribution is -0.137. The van der Waals surface area contributed by atoms with Crippen LogP contribution in [0.1, 0.15) is 90.4 Å². The summed E-state index contributed by atoms with van der Waals surface area (Å²) < 4.78 is 0. The molecule has 0 fully saturated rings. The maximum absolute atomic E-state index is 10.3. The van der Waals surface area contributed by atoms with E-state index in [1.165, 1.54) is 25.7 Å². The van der Waals surface area contributed by atoms with Gasteiger partial charge < -0.3 is 5.11 Å². The SMILES string of the molecule is CCCCCCC#CCC#CCC#CCCCCCCC(=O)O. The van der Waals surface area contributed by atoms with E-state index in [1.54, 1.807) is 0 Å². The zero-order valence-corrected chi connectivity index (χ0v) is 14.5. The standard InChI is InChI=1S/C21H30O2/c1-2-3-4-5-6-7-8-9-10-11-12-13-14-15-16-17-18-19-20-21(22)23/h2-6,9,12,15-20H2,1H3,(H,22,23). The summed E-state index contributed by atoms with van der Waals surface area (Å²) in [5.41, 5.74) is 0. The summed E-state index contributed by atoms with van der Waals surface area (Å²) in [6.45, 7) is 2.21. The van der Waals surface area contributed by atoms with Crippen molar-refractivity contribution in [3.05, 3.63) is 0 Å². The quantitative estimate of drug-likeness (QED) is 0.446. The van der Waals surface area contributed by atoms with Crippen LogP contribution in [0.2, 0.25) is 0 Å². The van der Waals surface area contributed by atoms with Crippen LogP contribution in [-0.4, -0.2) is 11.1 Å². The first-order valence-corrected chi connectivity index (χ1v) is 8.86. The maximum atomic E-state index is 10.3. The van der Waals surface area contributed by atoms with Gasteiger partial charge in [0, 0.05) is 19.3 Å². The van der Waals surface area contributed by atoms with Crippen LogP contribution in [0.3, 0.4) is 0 Å².